The van der Waals surface area contributed by atoms with Gasteiger partial charge < -0.3 is 9.84 Å². The van der Waals surface area contributed by atoms with Crippen LogP contribution in [0.2, 0.25) is 0 Å². The van der Waals surface area contributed by atoms with Gasteiger partial charge in [0.25, 0.3) is 0 Å². The summed E-state index contributed by atoms with van der Waals surface area (Å²) in [7, 11) is 0. The van der Waals surface area contributed by atoms with E-state index in [4.69, 9.17) is 9.84 Å². The van der Waals surface area contributed by atoms with Crippen LogP contribution in [0.25, 0.3) is 0 Å². The Bertz CT molecular complexity index is 269. The Hall–Kier alpha value is -0.450. The van der Waals surface area contributed by atoms with Crippen LogP contribution in [-0.4, -0.2) is 9.22 Å². The van der Waals surface area contributed by atoms with Crippen molar-refractivity contribution in [2.45, 2.75) is 24.4 Å². The van der Waals surface area contributed by atoms with E-state index in [-0.39, 0.29) is 9.86 Å². The predicted molar refractivity (Wildman–Crippen MR) is 66.0 cm³/mol. The van der Waals surface area contributed by atoms with Crippen LogP contribution in [0.15, 0.2) is 24.3 Å². The van der Waals surface area contributed by atoms with Gasteiger partial charge in [0, 0.05) is 0 Å². The maximum Gasteiger partial charge on any atom is 0.149 e. The molecule has 1 aromatic carbocycles. The fraction of sp³-hybridized carbons (Fsp3) is 0.455. The predicted octanol–water partition coefficient (Wildman–Crippen LogP) is 3.58. The molecule has 1 N–H and O–H groups in total. The molecule has 0 heterocycles. The number of rotatable bonds is 4. The van der Waals surface area contributed by atoms with Crippen LogP contribution < -0.4 is 4.74 Å². The Labute approximate surface area is 98.4 Å². The molecule has 0 fully saturated rings. The number of phenols is 1. The number of hydrogen-bond donors (Lipinski definition) is 1. The van der Waals surface area contributed by atoms with Crippen molar-refractivity contribution in [3.8, 4) is 11.5 Å². The summed E-state index contributed by atoms with van der Waals surface area (Å²) in [5.74, 6) is 1.71. The Morgan fingerprint density at radius 2 is 1.86 bits per heavy atom. The summed E-state index contributed by atoms with van der Waals surface area (Å²) < 4.78 is 5.85. The van der Waals surface area contributed by atoms with Crippen molar-refractivity contribution in [2.24, 2.45) is 5.92 Å². The largest absolute Gasteiger partial charge is 0.508 e. The SMILES string of the molecule is CC(C)CC(I)Oc1ccc(O)cc1. The second kappa shape index (κ2) is 5.44. The summed E-state index contributed by atoms with van der Waals surface area (Å²) in [5, 5.41) is 9.08. The lowest BCUT2D eigenvalue weighted by Crippen LogP contribution is -2.10. The topological polar surface area (TPSA) is 29.5 Å². The van der Waals surface area contributed by atoms with Crippen LogP contribution in [0.1, 0.15) is 20.3 Å². The molecule has 0 radical (unpaired) electrons. The lowest BCUT2D eigenvalue weighted by Gasteiger charge is -2.14. The van der Waals surface area contributed by atoms with Crippen molar-refractivity contribution in [3.05, 3.63) is 24.3 Å². The van der Waals surface area contributed by atoms with E-state index >= 15 is 0 Å². The average molecular weight is 306 g/mol. The van der Waals surface area contributed by atoms with Crippen LogP contribution in [0.5, 0.6) is 11.5 Å². The van der Waals surface area contributed by atoms with Gasteiger partial charge in [0.1, 0.15) is 15.6 Å². The zero-order valence-corrected chi connectivity index (χ0v) is 10.6. The van der Waals surface area contributed by atoms with Crippen LogP contribution in [0.4, 0.5) is 0 Å². The summed E-state index contributed by atoms with van der Waals surface area (Å²) >= 11 is 2.28. The maximum atomic E-state index is 9.08. The number of hydrogen-bond acceptors (Lipinski definition) is 2. The summed E-state index contributed by atoms with van der Waals surface area (Å²) in [5.41, 5.74) is 0. The zero-order valence-electron chi connectivity index (χ0n) is 8.40. The zero-order chi connectivity index (χ0) is 10.6. The van der Waals surface area contributed by atoms with Gasteiger partial charge in [0.05, 0.1) is 0 Å². The molecule has 0 spiro atoms. The van der Waals surface area contributed by atoms with E-state index < -0.39 is 0 Å². The highest BCUT2D eigenvalue weighted by atomic mass is 127. The van der Waals surface area contributed by atoms with Gasteiger partial charge in [-0.25, -0.2) is 0 Å². The normalized spacial score (nSPS) is 12.9. The third kappa shape index (κ3) is 4.17. The van der Waals surface area contributed by atoms with Gasteiger partial charge in [-0.15, -0.1) is 0 Å². The number of halogens is 1. The Kier molecular flexibility index (Phi) is 4.51. The minimum atomic E-state index is 0.192. The molecule has 0 saturated heterocycles. The van der Waals surface area contributed by atoms with Crippen molar-refractivity contribution in [1.29, 1.82) is 0 Å². The second-order valence-electron chi connectivity index (χ2n) is 3.65. The van der Waals surface area contributed by atoms with Gasteiger partial charge in [-0.2, -0.15) is 0 Å². The van der Waals surface area contributed by atoms with E-state index in [2.05, 4.69) is 36.4 Å². The quantitative estimate of drug-likeness (QED) is 0.680. The molecule has 1 aromatic rings. The second-order valence-corrected chi connectivity index (χ2v) is 5.04. The van der Waals surface area contributed by atoms with Gasteiger partial charge >= 0.3 is 0 Å². The van der Waals surface area contributed by atoms with Gasteiger partial charge in [0.2, 0.25) is 0 Å². The molecule has 1 rings (SSSR count). The van der Waals surface area contributed by atoms with Crippen molar-refractivity contribution < 1.29 is 9.84 Å². The van der Waals surface area contributed by atoms with Crippen molar-refractivity contribution in [1.82, 2.24) is 0 Å². The van der Waals surface area contributed by atoms with E-state index in [1.54, 1.807) is 24.3 Å². The fourth-order valence-corrected chi connectivity index (χ4v) is 2.40. The summed E-state index contributed by atoms with van der Waals surface area (Å²) in [6, 6.07) is 6.82. The van der Waals surface area contributed by atoms with Gasteiger partial charge in [0.15, 0.2) is 0 Å². The molecule has 0 aliphatic heterocycles. The molecule has 78 valence electrons. The maximum absolute atomic E-state index is 9.08. The molecule has 0 saturated carbocycles. The molecule has 0 bridgehead atoms. The van der Waals surface area contributed by atoms with Crippen LogP contribution in [0, 0.1) is 5.92 Å². The number of phenolic OH excluding ortho intramolecular Hbond substituents is 1. The standard InChI is InChI=1S/C11H15IO2/c1-8(2)7-11(12)14-10-5-3-9(13)4-6-10/h3-6,8,11,13H,7H2,1-2H3. The first-order valence-electron chi connectivity index (χ1n) is 4.67. The lowest BCUT2D eigenvalue weighted by atomic mass is 10.1. The summed E-state index contributed by atoms with van der Waals surface area (Å²) in [6.45, 7) is 4.34. The molecule has 0 aliphatic rings. The van der Waals surface area contributed by atoms with E-state index in [0.29, 0.717) is 5.92 Å². The number of ether oxygens (including phenoxy) is 1. The average Bonchev–Trinajstić information content (AvgIpc) is 2.07. The van der Waals surface area contributed by atoms with Crippen molar-refractivity contribution >= 4 is 22.6 Å². The first kappa shape index (κ1) is 11.6. The van der Waals surface area contributed by atoms with E-state index in [9.17, 15) is 0 Å². The number of alkyl halides is 1. The highest BCUT2D eigenvalue weighted by Crippen LogP contribution is 2.21. The summed E-state index contributed by atoms with van der Waals surface area (Å²) in [4.78, 5) is 0. The monoisotopic (exact) mass is 306 g/mol. The number of aromatic hydroxyl groups is 1. The Morgan fingerprint density at radius 1 is 1.29 bits per heavy atom. The molecule has 1 atom stereocenters. The molecule has 0 aliphatic carbocycles. The van der Waals surface area contributed by atoms with E-state index in [1.165, 1.54) is 0 Å². The van der Waals surface area contributed by atoms with Crippen LogP contribution >= 0.6 is 22.6 Å². The van der Waals surface area contributed by atoms with E-state index in [0.717, 1.165) is 12.2 Å². The van der Waals surface area contributed by atoms with Gasteiger partial charge in [-0.1, -0.05) is 13.8 Å². The minimum absolute atomic E-state index is 0.192. The first-order chi connectivity index (χ1) is 6.58. The highest BCUT2D eigenvalue weighted by molar-refractivity contribution is 14.1. The highest BCUT2D eigenvalue weighted by Gasteiger charge is 2.07. The van der Waals surface area contributed by atoms with Gasteiger partial charge in [-0.05, 0) is 59.2 Å². The van der Waals surface area contributed by atoms with Crippen LogP contribution in [0.3, 0.4) is 0 Å². The summed E-state index contributed by atoms with van der Waals surface area (Å²) in [6.07, 6.45) is 1.03. The fourth-order valence-electron chi connectivity index (χ4n) is 1.09. The molecule has 0 aromatic heterocycles. The lowest BCUT2D eigenvalue weighted by molar-refractivity contribution is 0.271. The van der Waals surface area contributed by atoms with Gasteiger partial charge in [-0.3, -0.25) is 0 Å². The molecule has 2 nitrogen and oxygen atoms in total. The third-order valence-corrected chi connectivity index (χ3v) is 2.52. The minimum Gasteiger partial charge on any atom is -0.508 e. The molecular weight excluding hydrogens is 291 g/mol. The number of benzene rings is 1. The smallest absolute Gasteiger partial charge is 0.149 e. The molecule has 0 amide bonds. The van der Waals surface area contributed by atoms with Crippen molar-refractivity contribution in [3.63, 3.8) is 0 Å². The molecule has 3 heteroatoms. The Morgan fingerprint density at radius 3 is 2.36 bits per heavy atom. The van der Waals surface area contributed by atoms with Crippen LogP contribution in [-0.2, 0) is 0 Å². The molecule has 14 heavy (non-hydrogen) atoms. The van der Waals surface area contributed by atoms with Crippen molar-refractivity contribution in [2.75, 3.05) is 0 Å². The molecule has 1 unspecified atom stereocenters. The van der Waals surface area contributed by atoms with E-state index in [1.807, 2.05) is 0 Å². The first-order valence-corrected chi connectivity index (χ1v) is 5.92. The Balaban J connectivity index is 2.47. The third-order valence-electron chi connectivity index (χ3n) is 1.76. The molecular formula is C11H15IO2.